The van der Waals surface area contributed by atoms with Crippen molar-refractivity contribution in [1.29, 1.82) is 5.26 Å². The predicted molar refractivity (Wildman–Crippen MR) is 301 cm³/mol. The molecule has 1 amide bonds. The molecule has 7 rings (SSSR count). The molecule has 0 aliphatic carbocycles. The van der Waals surface area contributed by atoms with Crippen LogP contribution in [0, 0.1) is 17.1 Å². The fraction of sp³-hybridized carbons (Fsp3) is 0.620. The molecule has 4 N–H and O–H groups in total. The summed E-state index contributed by atoms with van der Waals surface area (Å²) in [5.74, 6) is -1.40. The Kier molecular flexibility index (Phi) is 20.1. The summed E-state index contributed by atoms with van der Waals surface area (Å²) >= 11 is 0. The summed E-state index contributed by atoms with van der Waals surface area (Å²) in [4.78, 5) is 67.4. The number of aryl methyl sites for hydroxylation is 1. The van der Waals surface area contributed by atoms with Gasteiger partial charge in [-0.05, 0) is 52.4 Å². The van der Waals surface area contributed by atoms with Crippen LogP contribution in [-0.2, 0) is 56.7 Å². The van der Waals surface area contributed by atoms with E-state index in [2.05, 4.69) is 25.3 Å². The Hall–Kier alpha value is -4.42. The first kappa shape index (κ1) is 64.1. The second kappa shape index (κ2) is 25.4. The molecule has 2 saturated heterocycles. The Morgan fingerprint density at radius 1 is 0.889 bits per heavy atom. The van der Waals surface area contributed by atoms with E-state index in [1.807, 2.05) is 95.3 Å². The molecule has 4 aromatic heterocycles. The van der Waals surface area contributed by atoms with Gasteiger partial charge in [0.05, 0.1) is 45.0 Å². The number of rotatable bonds is 25. The monoisotopic (exact) mass is 1220 g/mol. The van der Waals surface area contributed by atoms with Crippen LogP contribution in [0.15, 0.2) is 60.3 Å². The molecule has 0 spiro atoms. The Balaban J connectivity index is 1.34. The first-order valence-electron chi connectivity index (χ1n) is 26.7. The molecule has 6 heterocycles. The van der Waals surface area contributed by atoms with Crippen molar-refractivity contribution in [3.8, 4) is 6.07 Å². The van der Waals surface area contributed by atoms with Gasteiger partial charge in [0.2, 0.25) is 0 Å². The molecule has 10 atom stereocenters. The van der Waals surface area contributed by atoms with Gasteiger partial charge in [-0.1, -0.05) is 94.4 Å². The number of aliphatic hydroxyl groups excluding tert-OH is 1. The summed E-state index contributed by atoms with van der Waals surface area (Å²) in [6.45, 7) is 22.7. The lowest BCUT2D eigenvalue weighted by Gasteiger charge is -2.47. The van der Waals surface area contributed by atoms with Crippen molar-refractivity contribution in [2.75, 3.05) is 25.1 Å². The number of benzene rings is 1. The van der Waals surface area contributed by atoms with E-state index in [4.69, 9.17) is 40.5 Å². The molecule has 0 saturated carbocycles. The van der Waals surface area contributed by atoms with Crippen LogP contribution < -0.4 is 10.9 Å². The van der Waals surface area contributed by atoms with Crippen molar-refractivity contribution in [3.05, 3.63) is 77.2 Å². The van der Waals surface area contributed by atoms with Crippen molar-refractivity contribution in [2.45, 2.75) is 172 Å². The maximum Gasteiger partial charge on any atom is 0.695 e. The number of phosphoric acid groups is 1. The van der Waals surface area contributed by atoms with Gasteiger partial charge >= 0.3 is 33.2 Å². The summed E-state index contributed by atoms with van der Waals surface area (Å²) < 4.78 is 107. The van der Waals surface area contributed by atoms with Crippen LogP contribution in [0.4, 0.5) is 10.2 Å². The van der Waals surface area contributed by atoms with E-state index in [9.17, 15) is 34.2 Å². The third-order valence-corrected chi connectivity index (χ3v) is 31.4. The number of hydrogen-bond donors (Lipinski definition) is 4. The van der Waals surface area contributed by atoms with E-state index >= 15 is 8.96 Å². The number of ether oxygens (including phenoxy) is 2. The molecule has 2 unspecified atom stereocenters. The number of aromatic nitrogens is 7. The Morgan fingerprint density at radius 2 is 1.53 bits per heavy atom. The number of nitriles is 1. The van der Waals surface area contributed by atoms with Crippen LogP contribution in [0.1, 0.15) is 105 Å². The molecule has 81 heavy (non-hydrogen) atoms. The molecular formula is C50H75FN9O16P2Si3+. The van der Waals surface area contributed by atoms with Crippen LogP contribution in [0.5, 0.6) is 0 Å². The molecule has 31 heteroatoms. The number of phosphoric ester groups is 1. The van der Waals surface area contributed by atoms with E-state index in [0.717, 1.165) is 15.3 Å². The van der Waals surface area contributed by atoms with E-state index in [1.54, 1.807) is 30.3 Å². The molecular weight excluding hydrogens is 1150 g/mol. The molecule has 5 aromatic rings. The number of hydrogen-bond acceptors (Lipinski definition) is 20. The van der Waals surface area contributed by atoms with Crippen LogP contribution >= 0.6 is 16.1 Å². The molecule has 444 valence electrons. The SMILES string of the molecule is CC(C)[Si](O)(O[Si](O[C@H]1[C@@H](OP(=O)(OCCC#N)OC[C@H]2O[C@@H](n3cnc4c(NC(=O)c5ccccc5)ncnc43)[C@H](O[Si](C)(C)C(C)(C)C)[C@@H]2O[P+](=O)O)[C@H](n2cc(F)c3c(=O)n(C)cnc32)O[C@@H]1CO)(C(C)C)C(C)C)C(C)C. The lowest BCUT2D eigenvalue weighted by atomic mass is 10.1. The minimum atomic E-state index is -5.19. The zero-order valence-electron chi connectivity index (χ0n) is 48.0. The predicted octanol–water partition coefficient (Wildman–Crippen LogP) is 8.54. The smallest absolute Gasteiger partial charge is 0.414 e. The number of nitrogens with one attached hydrogen (secondary N) is 1. The van der Waals surface area contributed by atoms with Gasteiger partial charge in [0.15, 0.2) is 55.3 Å². The number of nitrogens with zero attached hydrogens (tertiary/aromatic N) is 8. The first-order chi connectivity index (χ1) is 37.9. The summed E-state index contributed by atoms with van der Waals surface area (Å²) in [6, 6.07) is 10.4. The number of halogens is 1. The lowest BCUT2D eigenvalue weighted by molar-refractivity contribution is -0.0628. The third-order valence-electron chi connectivity index (χ3n) is 15.2. The molecule has 0 radical (unpaired) electrons. The zero-order chi connectivity index (χ0) is 59.7. The maximum absolute atomic E-state index is 16.1. The highest BCUT2D eigenvalue weighted by Gasteiger charge is 2.61. The van der Waals surface area contributed by atoms with Crippen LogP contribution in [0.2, 0.25) is 40.3 Å². The third kappa shape index (κ3) is 13.3. The highest BCUT2D eigenvalue weighted by Crippen LogP contribution is 2.57. The highest BCUT2D eigenvalue weighted by atomic mass is 31.2. The fourth-order valence-corrected chi connectivity index (χ4v) is 22.8. The molecule has 25 nitrogen and oxygen atoms in total. The van der Waals surface area contributed by atoms with E-state index in [-0.39, 0.29) is 40.1 Å². The largest absolute Gasteiger partial charge is 0.695 e. The number of aliphatic hydroxyl groups is 1. The van der Waals surface area contributed by atoms with E-state index < -0.39 is 149 Å². The number of carbonyl (C=O) groups is 1. The lowest BCUT2D eigenvalue weighted by Crippen LogP contribution is -2.62. The maximum atomic E-state index is 16.1. The second-order valence-electron chi connectivity index (χ2n) is 22.9. The van der Waals surface area contributed by atoms with Gasteiger partial charge in [0.25, 0.3) is 11.5 Å². The van der Waals surface area contributed by atoms with E-state index in [1.165, 1.54) is 30.6 Å². The molecule has 2 aliphatic heterocycles. The van der Waals surface area contributed by atoms with Gasteiger partial charge in [0, 0.05) is 23.4 Å². The second-order valence-corrected chi connectivity index (χ2v) is 38.6. The van der Waals surface area contributed by atoms with Crippen LogP contribution in [0.25, 0.3) is 22.2 Å². The summed E-state index contributed by atoms with van der Waals surface area (Å²) in [6.07, 6.45) is -7.24. The molecule has 1 aromatic carbocycles. The van der Waals surface area contributed by atoms with Crippen molar-refractivity contribution < 1.29 is 73.6 Å². The minimum Gasteiger partial charge on any atom is -0.414 e. The number of carbonyl (C=O) groups excluding carboxylic acids is 1. The zero-order valence-corrected chi connectivity index (χ0v) is 52.7. The Morgan fingerprint density at radius 3 is 2.12 bits per heavy atom. The number of amides is 1. The van der Waals surface area contributed by atoms with Crippen molar-refractivity contribution in [1.82, 2.24) is 33.6 Å². The van der Waals surface area contributed by atoms with Crippen molar-refractivity contribution in [3.63, 3.8) is 0 Å². The summed E-state index contributed by atoms with van der Waals surface area (Å²) in [5.41, 5.74) is -1.75. The topological polar surface area (TPSA) is 314 Å². The standard InChI is InChI=1S/C50H74FN9O16P2Si3/c1-29(2)80(67,30(3)4)76-81(31(5)6,32(7)8)75-40-35(24-61)70-48(59-23-34(51)37-44(59)56-27-58(12)47(37)63)41(40)73-78(66,68-22-18-21-52)69-25-36-39(72-77(64)65)42(74-79(13,14)50(9,10)11)49(71-36)60-28-55-38-43(53-26-54-45(38)60)57-46(62)33-19-16-15-17-20-33/h15-17,19-20,23,26-32,35-36,39-42,48-49,61,67H,18,22,24-25H2,1-14H3,(H-,53,54,57,62,64,65)/p+1/t35-,36-,39-,40-,41-,42-,48-,49-,78?/m1/s1. The van der Waals surface area contributed by atoms with Crippen molar-refractivity contribution >= 4 is 75.4 Å². The first-order valence-corrected chi connectivity index (χ1v) is 36.1. The summed E-state index contributed by atoms with van der Waals surface area (Å²) in [7, 11) is -17.6. The van der Waals surface area contributed by atoms with Gasteiger partial charge in [-0.2, -0.15) is 5.26 Å². The Labute approximate surface area is 473 Å². The van der Waals surface area contributed by atoms with E-state index in [0.29, 0.717) is 5.56 Å². The molecule has 0 bridgehead atoms. The van der Waals surface area contributed by atoms with Crippen LogP contribution in [0.3, 0.4) is 0 Å². The van der Waals surface area contributed by atoms with Gasteiger partial charge in [0.1, 0.15) is 42.2 Å². The highest BCUT2D eigenvalue weighted by molar-refractivity contribution is 7.48. The van der Waals surface area contributed by atoms with Gasteiger partial charge in [-0.25, -0.2) is 28.9 Å². The minimum absolute atomic E-state index is 0.0610. The number of anilines is 1. The average molecular weight is 1220 g/mol. The van der Waals surface area contributed by atoms with Gasteiger partial charge < -0.3 is 46.8 Å². The van der Waals surface area contributed by atoms with Crippen molar-refractivity contribution in [2.24, 2.45) is 7.05 Å². The van der Waals surface area contributed by atoms with Crippen LogP contribution in [-0.4, -0.2) is 136 Å². The normalized spacial score (nSPS) is 23.1. The average Bonchev–Trinajstić information content (AvgIpc) is 4.17. The number of fused-ring (bicyclic) bond motifs is 2. The van der Waals surface area contributed by atoms with Gasteiger partial charge in [-0.3, -0.25) is 27.7 Å². The quantitative estimate of drug-likeness (QED) is 0.0241. The summed E-state index contributed by atoms with van der Waals surface area (Å²) in [5, 5.41) is 22.8. The van der Waals surface area contributed by atoms with Gasteiger partial charge in [-0.15, -0.1) is 9.42 Å². The molecule has 2 fully saturated rings. The Bertz CT molecular complexity index is 3180. The number of imidazole rings is 1. The molecule has 2 aliphatic rings. The fourth-order valence-electron chi connectivity index (χ4n) is 9.73.